The first-order chi connectivity index (χ1) is 15.1. The van der Waals surface area contributed by atoms with E-state index in [4.69, 9.17) is 14.2 Å². The highest BCUT2D eigenvalue weighted by Crippen LogP contribution is 2.30. The Morgan fingerprint density at radius 2 is 1.75 bits per heavy atom. The Bertz CT molecular complexity index is 887. The van der Waals surface area contributed by atoms with E-state index in [-0.39, 0.29) is 35.8 Å². The van der Waals surface area contributed by atoms with E-state index in [1.54, 1.807) is 39.5 Å². The molecule has 176 valence electrons. The first-order valence-corrected chi connectivity index (χ1v) is 10.4. The first kappa shape index (κ1) is 25.7. The lowest BCUT2D eigenvalue weighted by Crippen LogP contribution is -2.44. The Balaban J connectivity index is 0.00000363. The van der Waals surface area contributed by atoms with E-state index in [2.05, 4.69) is 20.5 Å². The van der Waals surface area contributed by atoms with Crippen LogP contribution in [0.1, 0.15) is 18.9 Å². The molecule has 0 aliphatic carbocycles. The Hall–Kier alpha value is -2.56. The molecular formula is C23H33IN4O4. The highest BCUT2D eigenvalue weighted by atomic mass is 127. The van der Waals surface area contributed by atoms with Crippen molar-refractivity contribution in [2.45, 2.75) is 25.9 Å². The van der Waals surface area contributed by atoms with Crippen LogP contribution in [-0.4, -0.2) is 58.1 Å². The zero-order chi connectivity index (χ0) is 22.2. The fourth-order valence-corrected chi connectivity index (χ4v) is 3.58. The molecule has 9 heteroatoms. The van der Waals surface area contributed by atoms with Crippen molar-refractivity contribution in [1.29, 1.82) is 0 Å². The van der Waals surface area contributed by atoms with E-state index in [1.807, 2.05) is 25.1 Å². The topological polar surface area (TPSA) is 87.6 Å². The number of halogens is 1. The summed E-state index contributed by atoms with van der Waals surface area (Å²) in [5.74, 6) is 3.18. The number of aromatic hydroxyl groups is 1. The van der Waals surface area contributed by atoms with Crippen LogP contribution in [0, 0.1) is 0 Å². The summed E-state index contributed by atoms with van der Waals surface area (Å²) in [6, 6.07) is 11.3. The number of hydrogen-bond donors (Lipinski definition) is 3. The molecule has 1 aliphatic heterocycles. The summed E-state index contributed by atoms with van der Waals surface area (Å²) in [6.07, 6.45) is 0.981. The van der Waals surface area contributed by atoms with Gasteiger partial charge in [0.1, 0.15) is 23.0 Å². The van der Waals surface area contributed by atoms with Gasteiger partial charge in [0, 0.05) is 55.1 Å². The largest absolute Gasteiger partial charge is 0.508 e. The Morgan fingerprint density at radius 3 is 2.38 bits per heavy atom. The van der Waals surface area contributed by atoms with Crippen LogP contribution in [0.3, 0.4) is 0 Å². The molecule has 2 aromatic carbocycles. The quantitative estimate of drug-likeness (QED) is 0.261. The van der Waals surface area contributed by atoms with Crippen LogP contribution in [0.5, 0.6) is 23.0 Å². The van der Waals surface area contributed by atoms with Crippen molar-refractivity contribution >= 4 is 35.6 Å². The molecule has 0 spiro atoms. The van der Waals surface area contributed by atoms with Gasteiger partial charge in [-0.1, -0.05) is 0 Å². The lowest BCUT2D eigenvalue weighted by Gasteiger charge is -2.21. The van der Waals surface area contributed by atoms with E-state index in [0.29, 0.717) is 17.9 Å². The van der Waals surface area contributed by atoms with E-state index < -0.39 is 0 Å². The zero-order valence-electron chi connectivity index (χ0n) is 19.1. The number of nitrogens with one attached hydrogen (secondary N) is 2. The molecule has 1 saturated heterocycles. The second-order valence-corrected chi connectivity index (χ2v) is 7.34. The molecule has 0 bridgehead atoms. The van der Waals surface area contributed by atoms with Gasteiger partial charge in [0.05, 0.1) is 27.9 Å². The molecule has 2 aromatic rings. The van der Waals surface area contributed by atoms with Crippen molar-refractivity contribution in [2.75, 3.05) is 45.9 Å². The van der Waals surface area contributed by atoms with Crippen LogP contribution in [0.25, 0.3) is 0 Å². The molecule has 1 fully saturated rings. The van der Waals surface area contributed by atoms with Crippen molar-refractivity contribution in [3.05, 3.63) is 42.0 Å². The van der Waals surface area contributed by atoms with Crippen molar-refractivity contribution < 1.29 is 19.3 Å². The monoisotopic (exact) mass is 556 g/mol. The molecule has 3 N–H and O–H groups in total. The van der Waals surface area contributed by atoms with Crippen molar-refractivity contribution in [3.63, 3.8) is 0 Å². The SMILES string of the molecule is CCNC(=NCc1cc(OC)ccc1O)NC1CCN(c2cc(OC)cc(OC)c2)C1.I. The zero-order valence-corrected chi connectivity index (χ0v) is 21.4. The molecule has 3 rings (SSSR count). The van der Waals surface area contributed by atoms with Gasteiger partial charge >= 0.3 is 0 Å². The Morgan fingerprint density at radius 1 is 1.06 bits per heavy atom. The number of guanidine groups is 1. The number of hydrogen-bond acceptors (Lipinski definition) is 6. The maximum absolute atomic E-state index is 10.1. The molecule has 8 nitrogen and oxygen atoms in total. The van der Waals surface area contributed by atoms with E-state index in [9.17, 15) is 5.11 Å². The third-order valence-corrected chi connectivity index (χ3v) is 5.27. The fourth-order valence-electron chi connectivity index (χ4n) is 3.58. The van der Waals surface area contributed by atoms with Crippen molar-refractivity contribution in [3.8, 4) is 23.0 Å². The van der Waals surface area contributed by atoms with Gasteiger partial charge in [-0.3, -0.25) is 0 Å². The first-order valence-electron chi connectivity index (χ1n) is 10.4. The number of anilines is 1. The molecule has 0 saturated carbocycles. The highest BCUT2D eigenvalue weighted by Gasteiger charge is 2.24. The summed E-state index contributed by atoms with van der Waals surface area (Å²) in [4.78, 5) is 6.96. The second kappa shape index (κ2) is 12.5. The van der Waals surface area contributed by atoms with Crippen LogP contribution in [0.2, 0.25) is 0 Å². The molecule has 0 amide bonds. The van der Waals surface area contributed by atoms with Gasteiger partial charge in [-0.05, 0) is 31.5 Å². The van der Waals surface area contributed by atoms with E-state index in [0.717, 1.165) is 49.2 Å². The number of nitrogens with zero attached hydrogens (tertiary/aromatic N) is 2. The van der Waals surface area contributed by atoms with Gasteiger partial charge in [-0.25, -0.2) is 4.99 Å². The smallest absolute Gasteiger partial charge is 0.191 e. The maximum atomic E-state index is 10.1. The molecule has 32 heavy (non-hydrogen) atoms. The number of benzene rings is 2. The molecule has 1 aliphatic rings. The van der Waals surface area contributed by atoms with Gasteiger partial charge in [0.25, 0.3) is 0 Å². The minimum absolute atomic E-state index is 0. The number of phenols is 1. The number of rotatable bonds is 8. The van der Waals surface area contributed by atoms with Crippen LogP contribution in [0.15, 0.2) is 41.4 Å². The second-order valence-electron chi connectivity index (χ2n) is 7.34. The predicted octanol–water partition coefficient (Wildman–Crippen LogP) is 3.37. The third-order valence-electron chi connectivity index (χ3n) is 5.27. The van der Waals surface area contributed by atoms with Crippen LogP contribution >= 0.6 is 24.0 Å². The third kappa shape index (κ3) is 6.72. The molecule has 1 atom stereocenters. The molecule has 0 aromatic heterocycles. The van der Waals surface area contributed by atoms with Gasteiger partial charge in [-0.15, -0.1) is 24.0 Å². The Kier molecular flexibility index (Phi) is 10.0. The Labute approximate surface area is 207 Å². The summed E-state index contributed by atoms with van der Waals surface area (Å²) in [6.45, 7) is 4.89. The van der Waals surface area contributed by atoms with Gasteiger partial charge < -0.3 is 34.9 Å². The average Bonchev–Trinajstić information content (AvgIpc) is 3.26. The number of ether oxygens (including phenoxy) is 3. The lowest BCUT2D eigenvalue weighted by molar-refractivity contribution is 0.394. The molecule has 1 unspecified atom stereocenters. The minimum atomic E-state index is 0. The normalized spacial score (nSPS) is 15.7. The van der Waals surface area contributed by atoms with Gasteiger partial charge in [0.15, 0.2) is 5.96 Å². The fraction of sp³-hybridized carbons (Fsp3) is 0.435. The minimum Gasteiger partial charge on any atom is -0.508 e. The lowest BCUT2D eigenvalue weighted by atomic mass is 10.2. The van der Waals surface area contributed by atoms with Crippen molar-refractivity contribution in [2.24, 2.45) is 4.99 Å². The summed E-state index contributed by atoms with van der Waals surface area (Å²) in [5, 5.41) is 16.9. The van der Waals surface area contributed by atoms with E-state index >= 15 is 0 Å². The average molecular weight is 556 g/mol. The highest BCUT2D eigenvalue weighted by molar-refractivity contribution is 14.0. The van der Waals surface area contributed by atoms with Crippen LogP contribution in [-0.2, 0) is 6.54 Å². The molecular weight excluding hydrogens is 523 g/mol. The summed E-state index contributed by atoms with van der Waals surface area (Å²) in [7, 11) is 4.92. The molecule has 0 radical (unpaired) electrons. The summed E-state index contributed by atoms with van der Waals surface area (Å²) in [5.41, 5.74) is 1.79. The number of methoxy groups -OCH3 is 3. The summed E-state index contributed by atoms with van der Waals surface area (Å²) >= 11 is 0. The van der Waals surface area contributed by atoms with Gasteiger partial charge in [0.2, 0.25) is 0 Å². The van der Waals surface area contributed by atoms with Gasteiger partial charge in [-0.2, -0.15) is 0 Å². The predicted molar refractivity (Wildman–Crippen MR) is 138 cm³/mol. The van der Waals surface area contributed by atoms with Crippen LogP contribution in [0.4, 0.5) is 5.69 Å². The number of aliphatic imine (C=N–C) groups is 1. The molecule has 1 heterocycles. The standard InChI is InChI=1S/C23H32N4O4.HI/c1-5-24-23(25-14-16-10-19(29-2)6-7-22(16)28)26-17-8-9-27(15-17)18-11-20(30-3)13-21(12-18)31-4;/h6-7,10-13,17,28H,5,8-9,14-15H2,1-4H3,(H2,24,25,26);1H. The maximum Gasteiger partial charge on any atom is 0.191 e. The number of phenolic OH excluding ortho intramolecular Hbond substituents is 1. The van der Waals surface area contributed by atoms with Crippen LogP contribution < -0.4 is 29.7 Å². The van der Waals surface area contributed by atoms with Crippen molar-refractivity contribution in [1.82, 2.24) is 10.6 Å². The van der Waals surface area contributed by atoms with E-state index in [1.165, 1.54) is 0 Å². The summed E-state index contributed by atoms with van der Waals surface area (Å²) < 4.78 is 16.0.